The number of rotatable bonds is 2. The second-order valence-electron chi connectivity index (χ2n) is 2.81. The van der Waals surface area contributed by atoms with Crippen molar-refractivity contribution in [2.75, 3.05) is 7.11 Å². The van der Waals surface area contributed by atoms with Crippen molar-refractivity contribution in [2.45, 2.75) is 13.8 Å². The van der Waals surface area contributed by atoms with Crippen LogP contribution in [-0.2, 0) is 0 Å². The minimum absolute atomic E-state index is 0.0307. The lowest BCUT2D eigenvalue weighted by Gasteiger charge is -2.09. The van der Waals surface area contributed by atoms with E-state index in [1.807, 2.05) is 6.92 Å². The predicted molar refractivity (Wildman–Crippen MR) is 52.7 cm³/mol. The highest BCUT2D eigenvalue weighted by atomic mass is 35.5. The molecule has 0 aromatic heterocycles. The fourth-order valence-electron chi connectivity index (χ4n) is 1.27. The second kappa shape index (κ2) is 3.79. The molecule has 0 aliphatic heterocycles. The highest BCUT2D eigenvalue weighted by Crippen LogP contribution is 2.28. The standard InChI is InChI=1S/C10H11ClO2/c1-6-8(11)4-5-9(13-3)10(6)7(2)12/h4-5H,1-3H3. The Kier molecular flexibility index (Phi) is 2.94. The van der Waals surface area contributed by atoms with Crippen LogP contribution in [-0.4, -0.2) is 12.9 Å². The molecule has 0 aliphatic rings. The lowest BCUT2D eigenvalue weighted by atomic mass is 10.0. The van der Waals surface area contributed by atoms with Gasteiger partial charge in [-0.15, -0.1) is 0 Å². The summed E-state index contributed by atoms with van der Waals surface area (Å²) in [5.41, 5.74) is 1.34. The van der Waals surface area contributed by atoms with E-state index < -0.39 is 0 Å². The van der Waals surface area contributed by atoms with Crippen LogP contribution < -0.4 is 4.74 Å². The third-order valence-electron chi connectivity index (χ3n) is 1.93. The Bertz CT molecular complexity index is 345. The van der Waals surface area contributed by atoms with Crippen molar-refractivity contribution in [3.05, 3.63) is 28.3 Å². The molecule has 13 heavy (non-hydrogen) atoms. The number of benzene rings is 1. The van der Waals surface area contributed by atoms with E-state index in [-0.39, 0.29) is 5.78 Å². The number of ether oxygens (including phenoxy) is 1. The van der Waals surface area contributed by atoms with Crippen LogP contribution in [0.25, 0.3) is 0 Å². The monoisotopic (exact) mass is 198 g/mol. The van der Waals surface area contributed by atoms with Gasteiger partial charge in [0.25, 0.3) is 0 Å². The number of carbonyl (C=O) groups is 1. The van der Waals surface area contributed by atoms with Crippen LogP contribution in [0.3, 0.4) is 0 Å². The van der Waals surface area contributed by atoms with Crippen LogP contribution in [0, 0.1) is 6.92 Å². The van der Waals surface area contributed by atoms with Gasteiger partial charge in [-0.2, -0.15) is 0 Å². The number of halogens is 1. The summed E-state index contributed by atoms with van der Waals surface area (Å²) < 4.78 is 5.06. The maximum atomic E-state index is 11.3. The molecule has 0 fully saturated rings. The summed E-state index contributed by atoms with van der Waals surface area (Å²) >= 11 is 5.88. The summed E-state index contributed by atoms with van der Waals surface area (Å²) in [7, 11) is 1.54. The van der Waals surface area contributed by atoms with Crippen LogP contribution in [0.15, 0.2) is 12.1 Å². The lowest BCUT2D eigenvalue weighted by molar-refractivity contribution is 0.101. The normalized spacial score (nSPS) is 9.85. The first-order valence-corrected chi connectivity index (χ1v) is 4.29. The highest BCUT2D eigenvalue weighted by Gasteiger charge is 2.12. The van der Waals surface area contributed by atoms with E-state index in [1.54, 1.807) is 12.1 Å². The second-order valence-corrected chi connectivity index (χ2v) is 3.21. The molecule has 0 atom stereocenters. The summed E-state index contributed by atoms with van der Waals surface area (Å²) in [5, 5.41) is 0.589. The molecule has 1 aromatic rings. The van der Waals surface area contributed by atoms with Gasteiger partial charge in [-0.1, -0.05) is 11.6 Å². The Labute approximate surface area is 82.5 Å². The number of hydrogen-bond donors (Lipinski definition) is 0. The van der Waals surface area contributed by atoms with Crippen molar-refractivity contribution in [1.29, 1.82) is 0 Å². The SMILES string of the molecule is COc1ccc(Cl)c(C)c1C(C)=O. The van der Waals surface area contributed by atoms with Crippen LogP contribution in [0.2, 0.25) is 5.02 Å². The molecule has 1 aromatic carbocycles. The number of Topliss-reactive ketones (excluding diaryl/α,β-unsaturated/α-hetero) is 1. The predicted octanol–water partition coefficient (Wildman–Crippen LogP) is 2.86. The van der Waals surface area contributed by atoms with E-state index in [1.165, 1.54) is 14.0 Å². The fraction of sp³-hybridized carbons (Fsp3) is 0.300. The number of ketones is 1. The molecular formula is C10H11ClO2. The molecule has 0 saturated carbocycles. The highest BCUT2D eigenvalue weighted by molar-refractivity contribution is 6.32. The number of carbonyl (C=O) groups excluding carboxylic acids is 1. The summed E-state index contributed by atoms with van der Waals surface area (Å²) in [5.74, 6) is 0.547. The van der Waals surface area contributed by atoms with Crippen LogP contribution in [0.4, 0.5) is 0 Å². The molecule has 1 rings (SSSR count). The summed E-state index contributed by atoms with van der Waals surface area (Å²) in [6.45, 7) is 3.31. The van der Waals surface area contributed by atoms with Crippen molar-refractivity contribution < 1.29 is 9.53 Å². The quantitative estimate of drug-likeness (QED) is 0.684. The Morgan fingerprint density at radius 3 is 2.54 bits per heavy atom. The summed E-state index contributed by atoms with van der Waals surface area (Å²) in [6, 6.07) is 3.42. The van der Waals surface area contributed by atoms with E-state index in [9.17, 15) is 4.79 Å². The molecule has 3 heteroatoms. The zero-order valence-corrected chi connectivity index (χ0v) is 8.61. The maximum Gasteiger partial charge on any atom is 0.163 e. The van der Waals surface area contributed by atoms with Crippen molar-refractivity contribution in [2.24, 2.45) is 0 Å². The minimum Gasteiger partial charge on any atom is -0.496 e. The average molecular weight is 199 g/mol. The molecule has 0 N–H and O–H groups in total. The van der Waals surface area contributed by atoms with Gasteiger partial charge in [-0.3, -0.25) is 4.79 Å². The van der Waals surface area contributed by atoms with Gasteiger partial charge in [0.05, 0.1) is 12.7 Å². The van der Waals surface area contributed by atoms with E-state index in [0.29, 0.717) is 16.3 Å². The molecule has 70 valence electrons. The molecule has 0 unspecified atom stereocenters. The molecular weight excluding hydrogens is 188 g/mol. The van der Waals surface area contributed by atoms with Gasteiger partial charge in [0.2, 0.25) is 0 Å². The van der Waals surface area contributed by atoms with E-state index in [2.05, 4.69) is 0 Å². The van der Waals surface area contributed by atoms with E-state index >= 15 is 0 Å². The smallest absolute Gasteiger partial charge is 0.163 e. The topological polar surface area (TPSA) is 26.3 Å². The first-order valence-electron chi connectivity index (χ1n) is 3.92. The van der Waals surface area contributed by atoms with Crippen molar-refractivity contribution in [1.82, 2.24) is 0 Å². The van der Waals surface area contributed by atoms with Gasteiger partial charge in [0, 0.05) is 5.02 Å². The van der Waals surface area contributed by atoms with Gasteiger partial charge in [-0.05, 0) is 31.5 Å². The third kappa shape index (κ3) is 1.83. The Morgan fingerprint density at radius 1 is 1.46 bits per heavy atom. The maximum absolute atomic E-state index is 11.3. The minimum atomic E-state index is -0.0307. The van der Waals surface area contributed by atoms with E-state index in [0.717, 1.165) is 5.56 Å². The van der Waals surface area contributed by atoms with Crippen LogP contribution in [0.1, 0.15) is 22.8 Å². The summed E-state index contributed by atoms with van der Waals surface area (Å²) in [4.78, 5) is 11.3. The Balaban J connectivity index is 3.41. The molecule has 0 spiro atoms. The Morgan fingerprint density at radius 2 is 2.08 bits per heavy atom. The Hall–Kier alpha value is -1.02. The van der Waals surface area contributed by atoms with Crippen molar-refractivity contribution in [3.63, 3.8) is 0 Å². The molecule has 2 nitrogen and oxygen atoms in total. The van der Waals surface area contributed by atoms with Crippen molar-refractivity contribution >= 4 is 17.4 Å². The van der Waals surface area contributed by atoms with Gasteiger partial charge in [0.1, 0.15) is 5.75 Å². The first kappa shape index (κ1) is 10.1. The van der Waals surface area contributed by atoms with E-state index in [4.69, 9.17) is 16.3 Å². The third-order valence-corrected chi connectivity index (χ3v) is 2.34. The average Bonchev–Trinajstić information content (AvgIpc) is 2.08. The summed E-state index contributed by atoms with van der Waals surface area (Å²) in [6.07, 6.45) is 0. The van der Waals surface area contributed by atoms with Crippen LogP contribution >= 0.6 is 11.6 Å². The first-order chi connectivity index (χ1) is 6.07. The molecule has 0 bridgehead atoms. The fourth-order valence-corrected chi connectivity index (χ4v) is 1.43. The molecule has 0 heterocycles. The molecule has 0 radical (unpaired) electrons. The largest absolute Gasteiger partial charge is 0.496 e. The molecule has 0 aliphatic carbocycles. The molecule has 0 saturated heterocycles. The number of methoxy groups -OCH3 is 1. The van der Waals surface area contributed by atoms with Gasteiger partial charge in [-0.25, -0.2) is 0 Å². The van der Waals surface area contributed by atoms with Gasteiger partial charge < -0.3 is 4.74 Å². The number of hydrogen-bond acceptors (Lipinski definition) is 2. The molecule has 0 amide bonds. The van der Waals surface area contributed by atoms with Crippen LogP contribution in [0.5, 0.6) is 5.75 Å². The lowest BCUT2D eigenvalue weighted by Crippen LogP contribution is -2.00. The zero-order valence-electron chi connectivity index (χ0n) is 7.85. The zero-order chi connectivity index (χ0) is 10.0. The van der Waals surface area contributed by atoms with Gasteiger partial charge >= 0.3 is 0 Å². The van der Waals surface area contributed by atoms with Gasteiger partial charge in [0.15, 0.2) is 5.78 Å². The van der Waals surface area contributed by atoms with Crippen molar-refractivity contribution in [3.8, 4) is 5.75 Å².